The second kappa shape index (κ2) is 4.68. The fraction of sp³-hybridized carbons (Fsp3) is 0.462. The van der Waals surface area contributed by atoms with Crippen molar-refractivity contribution in [2.75, 3.05) is 0 Å². The molecule has 0 amide bonds. The number of aryl methyl sites for hydroxylation is 1. The second-order valence-electron chi connectivity index (χ2n) is 5.18. The molecular formula is C13H15N3OS2. The van der Waals surface area contributed by atoms with Crippen LogP contribution < -0.4 is 11.3 Å². The molecule has 1 atom stereocenters. The van der Waals surface area contributed by atoms with E-state index in [0.717, 1.165) is 29.5 Å². The van der Waals surface area contributed by atoms with Gasteiger partial charge in [0.05, 0.1) is 23.2 Å². The van der Waals surface area contributed by atoms with Crippen LogP contribution in [0.25, 0.3) is 10.2 Å². The summed E-state index contributed by atoms with van der Waals surface area (Å²) >= 11 is 6.53. The van der Waals surface area contributed by atoms with Crippen molar-refractivity contribution in [3.63, 3.8) is 0 Å². The van der Waals surface area contributed by atoms with Gasteiger partial charge in [-0.25, -0.2) is 4.98 Å². The van der Waals surface area contributed by atoms with E-state index in [4.69, 9.17) is 18.0 Å². The van der Waals surface area contributed by atoms with E-state index < -0.39 is 0 Å². The van der Waals surface area contributed by atoms with Gasteiger partial charge in [-0.3, -0.25) is 9.36 Å². The largest absolute Gasteiger partial charge is 0.392 e. The van der Waals surface area contributed by atoms with Crippen LogP contribution in [-0.2, 0) is 19.4 Å². The molecule has 6 heteroatoms. The lowest BCUT2D eigenvalue weighted by molar-refractivity contribution is 0.509. The third kappa shape index (κ3) is 2.19. The first-order chi connectivity index (χ1) is 9.06. The molecule has 2 aromatic rings. The molecule has 0 radical (unpaired) electrons. The number of thiocarbonyl (C=S) groups is 1. The number of aromatic nitrogens is 2. The van der Waals surface area contributed by atoms with E-state index in [1.165, 1.54) is 15.0 Å². The SMILES string of the molecule is CC1CCc2c(sc3ncn(CC(N)=S)c(=O)c23)C1. The van der Waals surface area contributed by atoms with Crippen LogP contribution in [0.4, 0.5) is 0 Å². The molecule has 19 heavy (non-hydrogen) atoms. The van der Waals surface area contributed by atoms with Crippen LogP contribution in [0.2, 0.25) is 0 Å². The zero-order chi connectivity index (χ0) is 13.6. The van der Waals surface area contributed by atoms with E-state index in [1.54, 1.807) is 17.7 Å². The predicted molar refractivity (Wildman–Crippen MR) is 81.9 cm³/mol. The Labute approximate surface area is 120 Å². The Morgan fingerprint density at radius 3 is 3.21 bits per heavy atom. The van der Waals surface area contributed by atoms with Gasteiger partial charge in [-0.1, -0.05) is 19.1 Å². The Kier molecular flexibility index (Phi) is 3.14. The Balaban J connectivity index is 2.20. The summed E-state index contributed by atoms with van der Waals surface area (Å²) in [6, 6.07) is 0. The standard InChI is InChI=1S/C13H15N3OS2/c1-7-2-3-8-9(4-7)19-12-11(8)13(17)16(6-15-12)5-10(14)18/h6-7H,2-5H2,1H3,(H2,14,18). The molecule has 2 aromatic heterocycles. The van der Waals surface area contributed by atoms with Crippen molar-refractivity contribution in [3.8, 4) is 0 Å². The molecule has 0 fully saturated rings. The lowest BCUT2D eigenvalue weighted by Gasteiger charge is -2.17. The molecule has 2 N–H and O–H groups in total. The molecule has 0 spiro atoms. The highest BCUT2D eigenvalue weighted by Crippen LogP contribution is 2.35. The first-order valence-corrected chi connectivity index (χ1v) is 7.56. The zero-order valence-corrected chi connectivity index (χ0v) is 12.3. The van der Waals surface area contributed by atoms with Crippen molar-refractivity contribution >= 4 is 38.8 Å². The van der Waals surface area contributed by atoms with Gasteiger partial charge in [0.25, 0.3) is 5.56 Å². The lowest BCUT2D eigenvalue weighted by atomic mass is 9.89. The number of nitrogens with two attached hydrogens (primary N) is 1. The minimum absolute atomic E-state index is 0.00940. The van der Waals surface area contributed by atoms with Gasteiger partial charge in [-0.15, -0.1) is 11.3 Å². The summed E-state index contributed by atoms with van der Waals surface area (Å²) in [6.07, 6.45) is 4.73. The van der Waals surface area contributed by atoms with Crippen LogP contribution in [0.1, 0.15) is 23.8 Å². The third-order valence-corrected chi connectivity index (χ3v) is 4.90. The fourth-order valence-electron chi connectivity index (χ4n) is 2.65. The van der Waals surface area contributed by atoms with Crippen molar-refractivity contribution in [1.29, 1.82) is 0 Å². The molecule has 2 heterocycles. The fourth-order valence-corrected chi connectivity index (χ4v) is 4.13. The highest BCUT2D eigenvalue weighted by molar-refractivity contribution is 7.80. The minimum atomic E-state index is -0.00940. The molecular weight excluding hydrogens is 278 g/mol. The van der Waals surface area contributed by atoms with Crippen LogP contribution >= 0.6 is 23.6 Å². The highest BCUT2D eigenvalue weighted by Gasteiger charge is 2.23. The van der Waals surface area contributed by atoms with E-state index in [0.29, 0.717) is 10.9 Å². The lowest BCUT2D eigenvalue weighted by Crippen LogP contribution is -2.27. The van der Waals surface area contributed by atoms with Gasteiger partial charge in [0, 0.05) is 4.88 Å². The maximum absolute atomic E-state index is 12.5. The van der Waals surface area contributed by atoms with Crippen molar-refractivity contribution in [1.82, 2.24) is 9.55 Å². The van der Waals surface area contributed by atoms with E-state index >= 15 is 0 Å². The Bertz CT molecular complexity index is 716. The van der Waals surface area contributed by atoms with E-state index in [2.05, 4.69) is 11.9 Å². The first kappa shape index (κ1) is 12.7. The molecule has 0 aliphatic heterocycles. The molecule has 4 nitrogen and oxygen atoms in total. The van der Waals surface area contributed by atoms with E-state index in [9.17, 15) is 4.79 Å². The molecule has 100 valence electrons. The third-order valence-electron chi connectivity index (χ3n) is 3.61. The summed E-state index contributed by atoms with van der Waals surface area (Å²) in [4.78, 5) is 19.4. The smallest absolute Gasteiger partial charge is 0.262 e. The molecule has 1 unspecified atom stereocenters. The number of rotatable bonds is 2. The van der Waals surface area contributed by atoms with Crippen LogP contribution in [0, 0.1) is 5.92 Å². The molecule has 0 aromatic carbocycles. The van der Waals surface area contributed by atoms with Gasteiger partial charge in [0.1, 0.15) is 4.83 Å². The Morgan fingerprint density at radius 1 is 1.68 bits per heavy atom. The van der Waals surface area contributed by atoms with Gasteiger partial charge in [0.15, 0.2) is 0 Å². The zero-order valence-electron chi connectivity index (χ0n) is 10.7. The summed E-state index contributed by atoms with van der Waals surface area (Å²) in [5.74, 6) is 0.694. The summed E-state index contributed by atoms with van der Waals surface area (Å²) in [5, 5.41) is 0.783. The Hall–Kier alpha value is -1.27. The van der Waals surface area contributed by atoms with Gasteiger partial charge >= 0.3 is 0 Å². The number of hydrogen-bond acceptors (Lipinski definition) is 4. The predicted octanol–water partition coefficient (Wildman–Crippen LogP) is 1.87. The molecule has 1 aliphatic rings. The van der Waals surface area contributed by atoms with Crippen molar-refractivity contribution in [2.45, 2.75) is 32.7 Å². The maximum Gasteiger partial charge on any atom is 0.262 e. The summed E-state index contributed by atoms with van der Waals surface area (Å²) in [7, 11) is 0. The minimum Gasteiger partial charge on any atom is -0.392 e. The molecule has 0 saturated heterocycles. The van der Waals surface area contributed by atoms with Crippen molar-refractivity contribution < 1.29 is 0 Å². The first-order valence-electron chi connectivity index (χ1n) is 6.34. The monoisotopic (exact) mass is 293 g/mol. The van der Waals surface area contributed by atoms with Gasteiger partial charge in [-0.05, 0) is 30.7 Å². The molecule has 3 rings (SSSR count). The molecule has 1 aliphatic carbocycles. The van der Waals surface area contributed by atoms with Crippen LogP contribution in [0.3, 0.4) is 0 Å². The van der Waals surface area contributed by atoms with E-state index in [1.807, 2.05) is 0 Å². The van der Waals surface area contributed by atoms with Crippen molar-refractivity contribution in [3.05, 3.63) is 27.1 Å². The van der Waals surface area contributed by atoms with Gasteiger partial charge in [0.2, 0.25) is 0 Å². The van der Waals surface area contributed by atoms with E-state index in [-0.39, 0.29) is 12.1 Å². The number of fused-ring (bicyclic) bond motifs is 3. The average molecular weight is 293 g/mol. The molecule has 0 bridgehead atoms. The number of hydrogen-bond donors (Lipinski definition) is 1. The number of thiophene rings is 1. The van der Waals surface area contributed by atoms with Crippen molar-refractivity contribution in [2.24, 2.45) is 11.7 Å². The number of nitrogens with zero attached hydrogens (tertiary/aromatic N) is 2. The summed E-state index contributed by atoms with van der Waals surface area (Å²) < 4.78 is 1.51. The van der Waals surface area contributed by atoms with Crippen LogP contribution in [0.15, 0.2) is 11.1 Å². The van der Waals surface area contributed by atoms with Crippen LogP contribution in [0.5, 0.6) is 0 Å². The van der Waals surface area contributed by atoms with Crippen LogP contribution in [-0.4, -0.2) is 14.5 Å². The quantitative estimate of drug-likeness (QED) is 0.859. The average Bonchev–Trinajstić information content (AvgIpc) is 2.70. The topological polar surface area (TPSA) is 60.9 Å². The maximum atomic E-state index is 12.5. The highest BCUT2D eigenvalue weighted by atomic mass is 32.1. The normalized spacial score (nSPS) is 18.5. The van der Waals surface area contributed by atoms with Gasteiger partial charge in [-0.2, -0.15) is 0 Å². The summed E-state index contributed by atoms with van der Waals surface area (Å²) in [5.41, 5.74) is 6.71. The summed E-state index contributed by atoms with van der Waals surface area (Å²) in [6.45, 7) is 2.52. The second-order valence-corrected chi connectivity index (χ2v) is 6.78. The Morgan fingerprint density at radius 2 is 2.47 bits per heavy atom. The molecule has 0 saturated carbocycles. The van der Waals surface area contributed by atoms with Gasteiger partial charge < -0.3 is 5.73 Å².